The van der Waals surface area contributed by atoms with Gasteiger partial charge in [-0.05, 0) is 36.2 Å². The molecule has 0 atom stereocenters. The molecule has 2 aromatic rings. The van der Waals surface area contributed by atoms with Crippen LogP contribution >= 0.6 is 11.6 Å². The smallest absolute Gasteiger partial charge is 0.240 e. The number of ether oxygens (including phenoxy) is 1. The average molecular weight is 397 g/mol. The lowest BCUT2D eigenvalue weighted by Crippen LogP contribution is -2.41. The average Bonchev–Trinajstić information content (AvgIpc) is 2.60. The third kappa shape index (κ3) is 5.64. The number of carbonyl (C=O) groups excluding carboxylic acids is 1. The summed E-state index contributed by atoms with van der Waals surface area (Å²) in [7, 11) is -2.20. The lowest BCUT2D eigenvalue weighted by Gasteiger charge is -2.23. The Labute approximate surface area is 158 Å². The Balaban J connectivity index is 2.02. The zero-order chi connectivity index (χ0) is 19.2. The summed E-state index contributed by atoms with van der Waals surface area (Å²) >= 11 is 5.84. The molecule has 0 aromatic heterocycles. The van der Waals surface area contributed by atoms with Gasteiger partial charge in [-0.25, -0.2) is 8.42 Å². The standard InChI is InChI=1S/C18H21ClN2O4S/c1-25-17-6-4-3-5-16(17)21(26(2,23)24)13-18(22)20-12-11-14-7-9-15(19)10-8-14/h3-10H,11-13H2,1-2H3,(H,20,22). The van der Waals surface area contributed by atoms with Crippen LogP contribution in [0, 0.1) is 0 Å². The minimum Gasteiger partial charge on any atom is -0.495 e. The molecule has 6 nitrogen and oxygen atoms in total. The van der Waals surface area contributed by atoms with Gasteiger partial charge in [-0.3, -0.25) is 9.10 Å². The highest BCUT2D eigenvalue weighted by molar-refractivity contribution is 7.92. The first-order chi connectivity index (χ1) is 12.3. The Morgan fingerprint density at radius 3 is 2.42 bits per heavy atom. The molecule has 2 rings (SSSR count). The number of amides is 1. The van der Waals surface area contributed by atoms with Gasteiger partial charge in [0.1, 0.15) is 12.3 Å². The van der Waals surface area contributed by atoms with Gasteiger partial charge in [0.2, 0.25) is 15.9 Å². The van der Waals surface area contributed by atoms with Crippen LogP contribution in [0.15, 0.2) is 48.5 Å². The Kier molecular flexibility index (Phi) is 6.88. The summed E-state index contributed by atoms with van der Waals surface area (Å²) in [6, 6.07) is 14.0. The fourth-order valence-corrected chi connectivity index (χ4v) is 3.39. The van der Waals surface area contributed by atoms with Crippen LogP contribution in [0.3, 0.4) is 0 Å². The van der Waals surface area contributed by atoms with E-state index in [0.717, 1.165) is 16.1 Å². The molecule has 0 saturated carbocycles. The summed E-state index contributed by atoms with van der Waals surface area (Å²) in [6.45, 7) is 0.0732. The zero-order valence-electron chi connectivity index (χ0n) is 14.6. The summed E-state index contributed by atoms with van der Waals surface area (Å²) < 4.78 is 30.5. The SMILES string of the molecule is COc1ccccc1N(CC(=O)NCCc1ccc(Cl)cc1)S(C)(=O)=O. The van der Waals surface area contributed by atoms with Crippen molar-refractivity contribution >= 4 is 33.2 Å². The largest absolute Gasteiger partial charge is 0.495 e. The van der Waals surface area contributed by atoms with E-state index in [-0.39, 0.29) is 6.54 Å². The number of sulfonamides is 1. The molecule has 140 valence electrons. The first-order valence-corrected chi connectivity index (χ1v) is 10.2. The van der Waals surface area contributed by atoms with Crippen LogP contribution in [-0.2, 0) is 21.2 Å². The normalized spacial score (nSPS) is 11.0. The molecule has 0 radical (unpaired) electrons. The second-order valence-corrected chi connectivity index (χ2v) is 8.01. The predicted octanol–water partition coefficient (Wildman–Crippen LogP) is 2.47. The fourth-order valence-electron chi connectivity index (χ4n) is 2.40. The highest BCUT2D eigenvalue weighted by Gasteiger charge is 2.23. The third-order valence-corrected chi connectivity index (χ3v) is 5.07. The van der Waals surface area contributed by atoms with Gasteiger partial charge in [-0.2, -0.15) is 0 Å². The molecule has 0 aliphatic carbocycles. The number of nitrogens with one attached hydrogen (secondary N) is 1. The highest BCUT2D eigenvalue weighted by Crippen LogP contribution is 2.29. The molecule has 2 aromatic carbocycles. The van der Waals surface area contributed by atoms with Crippen molar-refractivity contribution in [1.29, 1.82) is 0 Å². The number of rotatable bonds is 8. The Morgan fingerprint density at radius 1 is 1.15 bits per heavy atom. The van der Waals surface area contributed by atoms with E-state index in [2.05, 4.69) is 5.32 Å². The van der Waals surface area contributed by atoms with Crippen LogP contribution in [0.4, 0.5) is 5.69 Å². The van der Waals surface area contributed by atoms with Crippen molar-refractivity contribution in [3.8, 4) is 5.75 Å². The molecule has 0 bridgehead atoms. The summed E-state index contributed by atoms with van der Waals surface area (Å²) in [4.78, 5) is 12.2. The van der Waals surface area contributed by atoms with Gasteiger partial charge in [0, 0.05) is 11.6 Å². The van der Waals surface area contributed by atoms with E-state index in [1.807, 2.05) is 12.1 Å². The van der Waals surface area contributed by atoms with E-state index >= 15 is 0 Å². The first kappa shape index (κ1) is 20.1. The van der Waals surface area contributed by atoms with Crippen molar-refractivity contribution in [2.75, 3.05) is 30.8 Å². The molecule has 0 spiro atoms. The number of anilines is 1. The molecule has 0 heterocycles. The monoisotopic (exact) mass is 396 g/mol. The molecule has 8 heteroatoms. The summed E-state index contributed by atoms with van der Waals surface area (Å²) in [5.74, 6) is -0.0119. The number of benzene rings is 2. The number of hydrogen-bond donors (Lipinski definition) is 1. The van der Waals surface area contributed by atoms with Gasteiger partial charge in [0.05, 0.1) is 19.1 Å². The molecule has 0 saturated heterocycles. The maximum absolute atomic E-state index is 12.2. The minimum absolute atomic E-state index is 0.320. The molecule has 1 N–H and O–H groups in total. The maximum atomic E-state index is 12.2. The number of nitrogens with zero attached hydrogens (tertiary/aromatic N) is 1. The third-order valence-electron chi connectivity index (χ3n) is 3.69. The molecule has 1 amide bonds. The molecule has 0 aliphatic rings. The first-order valence-electron chi connectivity index (χ1n) is 7.93. The molecule has 26 heavy (non-hydrogen) atoms. The Hall–Kier alpha value is -2.25. The molecule has 0 aliphatic heterocycles. The van der Waals surface area contributed by atoms with E-state index in [1.165, 1.54) is 7.11 Å². The van der Waals surface area contributed by atoms with E-state index in [4.69, 9.17) is 16.3 Å². The predicted molar refractivity (Wildman–Crippen MR) is 103 cm³/mol. The molecule has 0 fully saturated rings. The van der Waals surface area contributed by atoms with E-state index in [0.29, 0.717) is 29.4 Å². The quantitative estimate of drug-likeness (QED) is 0.743. The lowest BCUT2D eigenvalue weighted by atomic mass is 10.1. The van der Waals surface area contributed by atoms with Crippen molar-refractivity contribution in [3.63, 3.8) is 0 Å². The Morgan fingerprint density at radius 2 is 1.81 bits per heavy atom. The minimum atomic E-state index is -3.65. The number of para-hydroxylation sites is 2. The van der Waals surface area contributed by atoms with Crippen molar-refractivity contribution in [1.82, 2.24) is 5.32 Å². The van der Waals surface area contributed by atoms with E-state index < -0.39 is 15.9 Å². The van der Waals surface area contributed by atoms with Crippen LogP contribution in [0.1, 0.15) is 5.56 Å². The van der Waals surface area contributed by atoms with Crippen molar-refractivity contribution in [2.45, 2.75) is 6.42 Å². The number of carbonyl (C=O) groups is 1. The molecular weight excluding hydrogens is 376 g/mol. The number of halogens is 1. The van der Waals surface area contributed by atoms with Crippen LogP contribution < -0.4 is 14.4 Å². The van der Waals surface area contributed by atoms with E-state index in [9.17, 15) is 13.2 Å². The zero-order valence-corrected chi connectivity index (χ0v) is 16.2. The van der Waals surface area contributed by atoms with Gasteiger partial charge < -0.3 is 10.1 Å². The molecule has 0 unspecified atom stereocenters. The fraction of sp³-hybridized carbons (Fsp3) is 0.278. The highest BCUT2D eigenvalue weighted by atomic mass is 35.5. The topological polar surface area (TPSA) is 75.7 Å². The van der Waals surface area contributed by atoms with Crippen LogP contribution in [0.25, 0.3) is 0 Å². The van der Waals surface area contributed by atoms with Crippen LogP contribution in [0.2, 0.25) is 5.02 Å². The second-order valence-electron chi connectivity index (χ2n) is 5.67. The number of hydrogen-bond acceptors (Lipinski definition) is 4. The molecular formula is C18H21ClN2O4S. The summed E-state index contributed by atoms with van der Waals surface area (Å²) in [6.07, 6.45) is 1.68. The summed E-state index contributed by atoms with van der Waals surface area (Å²) in [5, 5.41) is 3.39. The number of methoxy groups -OCH3 is 1. The van der Waals surface area contributed by atoms with Crippen molar-refractivity contribution in [3.05, 3.63) is 59.1 Å². The maximum Gasteiger partial charge on any atom is 0.240 e. The van der Waals surface area contributed by atoms with E-state index in [1.54, 1.807) is 36.4 Å². The van der Waals surface area contributed by atoms with Gasteiger partial charge in [0.15, 0.2) is 0 Å². The lowest BCUT2D eigenvalue weighted by molar-refractivity contribution is -0.119. The second kappa shape index (κ2) is 8.91. The summed E-state index contributed by atoms with van der Waals surface area (Å²) in [5.41, 5.74) is 1.35. The van der Waals surface area contributed by atoms with Crippen LogP contribution in [-0.4, -0.2) is 40.8 Å². The Bertz CT molecular complexity index is 854. The van der Waals surface area contributed by atoms with Gasteiger partial charge in [-0.15, -0.1) is 0 Å². The van der Waals surface area contributed by atoms with Crippen molar-refractivity contribution in [2.24, 2.45) is 0 Å². The van der Waals surface area contributed by atoms with Crippen LogP contribution in [0.5, 0.6) is 5.75 Å². The van der Waals surface area contributed by atoms with Gasteiger partial charge >= 0.3 is 0 Å². The van der Waals surface area contributed by atoms with Gasteiger partial charge in [-0.1, -0.05) is 35.9 Å². The van der Waals surface area contributed by atoms with Gasteiger partial charge in [0.25, 0.3) is 0 Å². The van der Waals surface area contributed by atoms with Crippen molar-refractivity contribution < 1.29 is 17.9 Å².